The minimum atomic E-state index is -4.59. The van der Waals surface area contributed by atoms with E-state index in [0.29, 0.717) is 12.8 Å². The molecule has 1 aliphatic rings. The number of aryl methyl sites for hydroxylation is 1. The highest BCUT2D eigenvalue weighted by Gasteiger charge is 2.47. The predicted molar refractivity (Wildman–Crippen MR) is 103 cm³/mol. The minimum Gasteiger partial charge on any atom is -0.336 e. The summed E-state index contributed by atoms with van der Waals surface area (Å²) in [5.74, 6) is -0.603. The molecule has 3 rings (SSSR count). The van der Waals surface area contributed by atoms with E-state index in [1.807, 2.05) is 6.07 Å². The molecule has 4 nitrogen and oxygen atoms in total. The zero-order valence-corrected chi connectivity index (χ0v) is 16.0. The maximum atomic E-state index is 13.8. The fourth-order valence-electron chi connectivity index (χ4n) is 3.13. The quantitative estimate of drug-likeness (QED) is 0.738. The average molecular weight is 401 g/mol. The SMILES string of the molecule is Cc1ccc(C(NC(Cc2ccccc2)C(=O)NC2(C#N)CC2)C(F)(F)F)cc1. The van der Waals surface area contributed by atoms with Gasteiger partial charge in [-0.15, -0.1) is 0 Å². The molecular formula is C22H22F3N3O. The van der Waals surface area contributed by atoms with E-state index >= 15 is 0 Å². The fourth-order valence-corrected chi connectivity index (χ4v) is 3.13. The summed E-state index contributed by atoms with van der Waals surface area (Å²) in [6, 6.07) is 13.8. The third-order valence-electron chi connectivity index (χ3n) is 5.03. The van der Waals surface area contributed by atoms with Crippen LogP contribution < -0.4 is 10.6 Å². The minimum absolute atomic E-state index is 0.0374. The monoisotopic (exact) mass is 401 g/mol. The van der Waals surface area contributed by atoms with Gasteiger partial charge in [-0.3, -0.25) is 10.1 Å². The van der Waals surface area contributed by atoms with Crippen LogP contribution in [0.15, 0.2) is 54.6 Å². The molecule has 2 aromatic carbocycles. The summed E-state index contributed by atoms with van der Waals surface area (Å²) in [5, 5.41) is 14.4. The lowest BCUT2D eigenvalue weighted by Crippen LogP contribution is -2.52. The highest BCUT2D eigenvalue weighted by atomic mass is 19.4. The Labute approximate surface area is 167 Å². The zero-order valence-electron chi connectivity index (χ0n) is 16.0. The Balaban J connectivity index is 1.87. The van der Waals surface area contributed by atoms with Crippen LogP contribution in [0.5, 0.6) is 0 Å². The number of carbonyl (C=O) groups is 1. The van der Waals surface area contributed by atoms with Gasteiger partial charge in [0.15, 0.2) is 0 Å². The summed E-state index contributed by atoms with van der Waals surface area (Å²) < 4.78 is 41.5. The second kappa shape index (κ2) is 8.26. The van der Waals surface area contributed by atoms with E-state index in [1.54, 1.807) is 49.4 Å². The van der Waals surface area contributed by atoms with Gasteiger partial charge in [0, 0.05) is 0 Å². The number of rotatable bonds is 7. The summed E-state index contributed by atoms with van der Waals surface area (Å²) >= 11 is 0. The Kier molecular flexibility index (Phi) is 5.94. The zero-order chi connectivity index (χ0) is 21.1. The van der Waals surface area contributed by atoms with Gasteiger partial charge in [0.1, 0.15) is 11.6 Å². The van der Waals surface area contributed by atoms with Crippen LogP contribution in [0.1, 0.15) is 35.6 Å². The molecule has 0 aliphatic heterocycles. The lowest BCUT2D eigenvalue weighted by atomic mass is 10.00. The number of alkyl halides is 3. The Morgan fingerprint density at radius 1 is 1.14 bits per heavy atom. The number of carbonyl (C=O) groups excluding carboxylic acids is 1. The van der Waals surface area contributed by atoms with Gasteiger partial charge in [0.05, 0.1) is 12.1 Å². The van der Waals surface area contributed by atoms with E-state index in [0.717, 1.165) is 11.1 Å². The van der Waals surface area contributed by atoms with Gasteiger partial charge in [-0.25, -0.2) is 0 Å². The van der Waals surface area contributed by atoms with Gasteiger partial charge in [0.2, 0.25) is 5.91 Å². The number of nitriles is 1. The molecule has 1 amide bonds. The maximum Gasteiger partial charge on any atom is 0.407 e. The molecule has 1 fully saturated rings. The molecule has 0 saturated heterocycles. The van der Waals surface area contributed by atoms with Gasteiger partial charge in [-0.05, 0) is 37.3 Å². The first-order chi connectivity index (χ1) is 13.7. The van der Waals surface area contributed by atoms with Gasteiger partial charge >= 0.3 is 6.18 Å². The van der Waals surface area contributed by atoms with Crippen molar-refractivity contribution in [3.8, 4) is 6.07 Å². The molecule has 152 valence electrons. The van der Waals surface area contributed by atoms with Crippen LogP contribution in [-0.2, 0) is 11.2 Å². The average Bonchev–Trinajstić information content (AvgIpc) is 3.46. The molecule has 2 unspecified atom stereocenters. The Hall–Kier alpha value is -2.85. The lowest BCUT2D eigenvalue weighted by molar-refractivity contribution is -0.161. The van der Waals surface area contributed by atoms with Crippen molar-refractivity contribution in [3.05, 3.63) is 71.3 Å². The summed E-state index contributed by atoms with van der Waals surface area (Å²) in [5.41, 5.74) is 0.658. The number of nitrogens with zero attached hydrogens (tertiary/aromatic N) is 1. The van der Waals surface area contributed by atoms with Gasteiger partial charge in [0.25, 0.3) is 0 Å². The highest BCUT2D eigenvalue weighted by molar-refractivity contribution is 5.83. The molecule has 29 heavy (non-hydrogen) atoms. The second-order valence-corrected chi connectivity index (χ2v) is 7.48. The highest BCUT2D eigenvalue weighted by Crippen LogP contribution is 2.36. The Morgan fingerprint density at radius 3 is 2.28 bits per heavy atom. The van der Waals surface area contributed by atoms with E-state index in [9.17, 15) is 23.2 Å². The van der Waals surface area contributed by atoms with Crippen molar-refractivity contribution in [1.29, 1.82) is 5.26 Å². The standard InChI is InChI=1S/C22H22F3N3O/c1-15-7-9-17(10-8-15)19(22(23,24)25)27-18(13-16-5-3-2-4-6-16)20(29)28-21(14-26)11-12-21/h2-10,18-19,27H,11-13H2,1H3,(H,28,29). The number of halogens is 3. The fraction of sp³-hybridized carbons (Fsp3) is 0.364. The third kappa shape index (κ3) is 5.36. The molecule has 0 heterocycles. The number of hydrogen-bond donors (Lipinski definition) is 2. The predicted octanol–water partition coefficient (Wildman–Crippen LogP) is 3.97. The Bertz CT molecular complexity index is 884. The number of amides is 1. The molecule has 0 spiro atoms. The third-order valence-corrected chi connectivity index (χ3v) is 5.03. The van der Waals surface area contributed by atoms with Crippen molar-refractivity contribution in [2.75, 3.05) is 0 Å². The second-order valence-electron chi connectivity index (χ2n) is 7.48. The van der Waals surface area contributed by atoms with Crippen LogP contribution >= 0.6 is 0 Å². The van der Waals surface area contributed by atoms with Crippen LogP contribution in [0.4, 0.5) is 13.2 Å². The van der Waals surface area contributed by atoms with E-state index < -0.39 is 29.7 Å². The van der Waals surface area contributed by atoms with E-state index in [1.165, 1.54) is 12.1 Å². The van der Waals surface area contributed by atoms with Crippen LogP contribution in [0.25, 0.3) is 0 Å². The van der Waals surface area contributed by atoms with E-state index in [4.69, 9.17) is 0 Å². The van der Waals surface area contributed by atoms with Gasteiger partial charge in [-0.2, -0.15) is 18.4 Å². The Morgan fingerprint density at radius 2 is 1.76 bits per heavy atom. The van der Waals surface area contributed by atoms with Crippen molar-refractivity contribution in [2.24, 2.45) is 0 Å². The molecule has 1 aliphatic carbocycles. The summed E-state index contributed by atoms with van der Waals surface area (Å²) in [4.78, 5) is 12.8. The topological polar surface area (TPSA) is 64.9 Å². The van der Waals surface area contributed by atoms with E-state index in [-0.39, 0.29) is 12.0 Å². The van der Waals surface area contributed by atoms with Crippen molar-refractivity contribution in [2.45, 2.75) is 50.0 Å². The first kappa shape index (κ1) is 20.9. The smallest absolute Gasteiger partial charge is 0.336 e. The lowest BCUT2D eigenvalue weighted by Gasteiger charge is -2.28. The van der Waals surface area contributed by atoms with Crippen LogP contribution in [-0.4, -0.2) is 23.7 Å². The van der Waals surface area contributed by atoms with Crippen LogP contribution in [0.2, 0.25) is 0 Å². The van der Waals surface area contributed by atoms with Crippen molar-refractivity contribution in [1.82, 2.24) is 10.6 Å². The van der Waals surface area contributed by atoms with Crippen molar-refractivity contribution >= 4 is 5.91 Å². The largest absolute Gasteiger partial charge is 0.407 e. The molecule has 1 saturated carbocycles. The van der Waals surface area contributed by atoms with Crippen LogP contribution in [0.3, 0.4) is 0 Å². The van der Waals surface area contributed by atoms with Crippen molar-refractivity contribution < 1.29 is 18.0 Å². The molecule has 0 bridgehead atoms. The van der Waals surface area contributed by atoms with Crippen LogP contribution in [0, 0.1) is 18.3 Å². The first-order valence-corrected chi connectivity index (χ1v) is 9.39. The summed E-state index contributed by atoms with van der Waals surface area (Å²) in [7, 11) is 0. The molecule has 7 heteroatoms. The number of hydrogen-bond acceptors (Lipinski definition) is 3. The van der Waals surface area contributed by atoms with Gasteiger partial charge in [-0.1, -0.05) is 60.2 Å². The van der Waals surface area contributed by atoms with Crippen molar-refractivity contribution in [3.63, 3.8) is 0 Å². The molecule has 2 aromatic rings. The van der Waals surface area contributed by atoms with E-state index in [2.05, 4.69) is 10.6 Å². The molecule has 0 aromatic heterocycles. The molecule has 0 radical (unpaired) electrons. The maximum absolute atomic E-state index is 13.8. The molecule has 2 atom stereocenters. The number of nitrogens with one attached hydrogen (secondary N) is 2. The molecule has 2 N–H and O–H groups in total. The normalized spacial score (nSPS) is 17.1. The molecular weight excluding hydrogens is 379 g/mol. The number of benzene rings is 2. The summed E-state index contributed by atoms with van der Waals surface area (Å²) in [6.45, 7) is 1.79. The summed E-state index contributed by atoms with van der Waals surface area (Å²) in [6.07, 6.45) is -3.49. The first-order valence-electron chi connectivity index (χ1n) is 9.39. The van der Waals surface area contributed by atoms with Gasteiger partial charge < -0.3 is 5.32 Å².